The lowest BCUT2D eigenvalue weighted by Crippen LogP contribution is -2.37. The van der Waals surface area contributed by atoms with Crippen LogP contribution in [0.4, 0.5) is 5.82 Å². The van der Waals surface area contributed by atoms with E-state index in [0.717, 1.165) is 24.2 Å². The molecule has 23 heavy (non-hydrogen) atoms. The van der Waals surface area contributed by atoms with Crippen LogP contribution in [0.15, 0.2) is 6.20 Å². The first kappa shape index (κ1) is 18.1. The number of aryl methyl sites for hydroxylation is 2. The van der Waals surface area contributed by atoms with Crippen molar-refractivity contribution in [2.75, 3.05) is 38.4 Å². The SMILES string of the molecule is CCCc1cnc(C)nc1N[C@@H]1COC[C@H]1CS(=O)(=O)N(C)C. The van der Waals surface area contributed by atoms with Gasteiger partial charge in [-0.15, -0.1) is 0 Å². The van der Waals surface area contributed by atoms with Gasteiger partial charge in [-0.05, 0) is 13.3 Å². The highest BCUT2D eigenvalue weighted by molar-refractivity contribution is 7.89. The van der Waals surface area contributed by atoms with E-state index in [4.69, 9.17) is 4.74 Å². The molecule has 8 heteroatoms. The maximum absolute atomic E-state index is 12.1. The van der Waals surface area contributed by atoms with Crippen molar-refractivity contribution in [3.8, 4) is 0 Å². The molecule has 0 unspecified atom stereocenters. The van der Waals surface area contributed by atoms with E-state index in [1.165, 1.54) is 4.31 Å². The Balaban J connectivity index is 2.14. The van der Waals surface area contributed by atoms with Gasteiger partial charge in [-0.3, -0.25) is 0 Å². The number of ether oxygens (including phenoxy) is 1. The highest BCUT2D eigenvalue weighted by atomic mass is 32.2. The van der Waals surface area contributed by atoms with E-state index in [1.54, 1.807) is 14.1 Å². The summed E-state index contributed by atoms with van der Waals surface area (Å²) >= 11 is 0. The zero-order valence-corrected chi connectivity index (χ0v) is 15.1. The van der Waals surface area contributed by atoms with Gasteiger partial charge in [-0.1, -0.05) is 13.3 Å². The molecule has 1 aromatic heterocycles. The maximum Gasteiger partial charge on any atom is 0.214 e. The topological polar surface area (TPSA) is 84.4 Å². The van der Waals surface area contributed by atoms with Gasteiger partial charge in [-0.2, -0.15) is 0 Å². The Kier molecular flexibility index (Phi) is 5.94. The molecule has 0 radical (unpaired) electrons. The molecule has 130 valence electrons. The summed E-state index contributed by atoms with van der Waals surface area (Å²) in [6.45, 7) is 4.88. The summed E-state index contributed by atoms with van der Waals surface area (Å²) in [7, 11) is -0.142. The Morgan fingerprint density at radius 2 is 2.13 bits per heavy atom. The van der Waals surface area contributed by atoms with Crippen molar-refractivity contribution in [1.82, 2.24) is 14.3 Å². The first-order valence-corrected chi connectivity index (χ1v) is 9.51. The van der Waals surface area contributed by atoms with Crippen molar-refractivity contribution >= 4 is 15.8 Å². The van der Waals surface area contributed by atoms with E-state index >= 15 is 0 Å². The number of nitrogens with zero attached hydrogens (tertiary/aromatic N) is 3. The van der Waals surface area contributed by atoms with E-state index in [9.17, 15) is 8.42 Å². The average Bonchev–Trinajstić information content (AvgIpc) is 2.88. The van der Waals surface area contributed by atoms with Crippen LogP contribution in [0.5, 0.6) is 0 Å². The monoisotopic (exact) mass is 342 g/mol. The standard InChI is InChI=1S/C15H26N4O3S/c1-5-6-12-7-16-11(2)17-15(12)18-14-9-22-8-13(14)10-23(20,21)19(3)4/h7,13-14H,5-6,8-10H2,1-4H3,(H,16,17,18)/t13-,14+/m0/s1. The van der Waals surface area contributed by atoms with Crippen LogP contribution < -0.4 is 5.32 Å². The third-order valence-corrected chi connectivity index (χ3v) is 5.97. The van der Waals surface area contributed by atoms with Crippen LogP contribution in [0.2, 0.25) is 0 Å². The lowest BCUT2D eigenvalue weighted by Gasteiger charge is -2.22. The van der Waals surface area contributed by atoms with Crippen LogP contribution in [-0.2, 0) is 21.2 Å². The molecule has 0 aliphatic carbocycles. The van der Waals surface area contributed by atoms with E-state index in [0.29, 0.717) is 19.0 Å². The molecule has 0 amide bonds. The van der Waals surface area contributed by atoms with Crippen molar-refractivity contribution in [2.24, 2.45) is 5.92 Å². The predicted molar refractivity (Wildman–Crippen MR) is 90.0 cm³/mol. The Morgan fingerprint density at radius 1 is 1.39 bits per heavy atom. The smallest absolute Gasteiger partial charge is 0.214 e. The number of anilines is 1. The van der Waals surface area contributed by atoms with Gasteiger partial charge in [-0.25, -0.2) is 22.7 Å². The predicted octanol–water partition coefficient (Wildman–Crippen LogP) is 1.06. The average molecular weight is 342 g/mol. The normalized spacial score (nSPS) is 21.8. The van der Waals surface area contributed by atoms with E-state index in [2.05, 4.69) is 22.2 Å². The zero-order chi connectivity index (χ0) is 17.0. The fraction of sp³-hybridized carbons (Fsp3) is 0.733. The van der Waals surface area contributed by atoms with Gasteiger partial charge in [0.05, 0.1) is 25.0 Å². The molecule has 0 spiro atoms. The Bertz CT molecular complexity index is 634. The van der Waals surface area contributed by atoms with Crippen molar-refractivity contribution < 1.29 is 13.2 Å². The molecule has 1 saturated heterocycles. The highest BCUT2D eigenvalue weighted by Gasteiger charge is 2.33. The molecule has 1 N–H and O–H groups in total. The van der Waals surface area contributed by atoms with Gasteiger partial charge in [0.25, 0.3) is 0 Å². The second kappa shape index (κ2) is 7.55. The molecule has 0 aromatic carbocycles. The number of hydrogen-bond acceptors (Lipinski definition) is 6. The molecule has 7 nitrogen and oxygen atoms in total. The zero-order valence-electron chi connectivity index (χ0n) is 14.2. The van der Waals surface area contributed by atoms with Gasteiger partial charge < -0.3 is 10.1 Å². The molecule has 2 heterocycles. The summed E-state index contributed by atoms with van der Waals surface area (Å²) < 4.78 is 31.0. The lowest BCUT2D eigenvalue weighted by molar-refractivity contribution is 0.187. The Morgan fingerprint density at radius 3 is 2.78 bits per heavy atom. The Labute approximate surface area is 138 Å². The van der Waals surface area contributed by atoms with Gasteiger partial charge in [0.15, 0.2) is 0 Å². The minimum atomic E-state index is -3.25. The second-order valence-corrected chi connectivity index (χ2v) is 8.38. The van der Waals surface area contributed by atoms with Crippen molar-refractivity contribution in [1.29, 1.82) is 0 Å². The molecular formula is C15H26N4O3S. The number of sulfonamides is 1. The van der Waals surface area contributed by atoms with Gasteiger partial charge >= 0.3 is 0 Å². The molecule has 1 fully saturated rings. The molecular weight excluding hydrogens is 316 g/mol. The van der Waals surface area contributed by atoms with Gasteiger partial charge in [0.2, 0.25) is 10.0 Å². The maximum atomic E-state index is 12.1. The first-order valence-electron chi connectivity index (χ1n) is 7.90. The summed E-state index contributed by atoms with van der Waals surface area (Å²) in [5.74, 6) is 1.48. The summed E-state index contributed by atoms with van der Waals surface area (Å²) in [6, 6.07) is -0.0605. The number of rotatable bonds is 7. The second-order valence-electron chi connectivity index (χ2n) is 6.15. The van der Waals surface area contributed by atoms with Crippen LogP contribution in [0, 0.1) is 12.8 Å². The summed E-state index contributed by atoms with van der Waals surface area (Å²) in [4.78, 5) is 8.73. The molecule has 1 aromatic rings. The number of nitrogens with one attached hydrogen (secondary N) is 1. The Hall–Kier alpha value is -1.25. The molecule has 1 aliphatic rings. The van der Waals surface area contributed by atoms with Crippen LogP contribution in [0.3, 0.4) is 0 Å². The molecule has 2 rings (SSSR count). The minimum absolute atomic E-state index is 0.0605. The van der Waals surface area contributed by atoms with Crippen LogP contribution in [-0.4, -0.2) is 61.8 Å². The molecule has 0 bridgehead atoms. The van der Waals surface area contributed by atoms with Crippen LogP contribution in [0.25, 0.3) is 0 Å². The summed E-state index contributed by atoms with van der Waals surface area (Å²) in [6.07, 6.45) is 3.73. The molecule has 2 atom stereocenters. The van der Waals surface area contributed by atoms with E-state index in [-0.39, 0.29) is 17.7 Å². The fourth-order valence-electron chi connectivity index (χ4n) is 2.59. The number of aromatic nitrogens is 2. The molecule has 0 saturated carbocycles. The molecule has 1 aliphatic heterocycles. The largest absolute Gasteiger partial charge is 0.379 e. The van der Waals surface area contributed by atoms with Crippen LogP contribution in [0.1, 0.15) is 24.7 Å². The quantitative estimate of drug-likeness (QED) is 0.797. The van der Waals surface area contributed by atoms with Crippen molar-refractivity contribution in [3.63, 3.8) is 0 Å². The summed E-state index contributed by atoms with van der Waals surface area (Å²) in [5, 5.41) is 3.39. The number of hydrogen-bond donors (Lipinski definition) is 1. The highest BCUT2D eigenvalue weighted by Crippen LogP contribution is 2.23. The van der Waals surface area contributed by atoms with Crippen molar-refractivity contribution in [2.45, 2.75) is 32.7 Å². The minimum Gasteiger partial charge on any atom is -0.379 e. The third kappa shape index (κ3) is 4.62. The third-order valence-electron chi connectivity index (χ3n) is 4.01. The lowest BCUT2D eigenvalue weighted by atomic mass is 10.1. The van der Waals surface area contributed by atoms with E-state index < -0.39 is 10.0 Å². The van der Waals surface area contributed by atoms with Crippen molar-refractivity contribution in [3.05, 3.63) is 17.6 Å². The van der Waals surface area contributed by atoms with E-state index in [1.807, 2.05) is 13.1 Å². The van der Waals surface area contributed by atoms with Crippen LogP contribution >= 0.6 is 0 Å². The van der Waals surface area contributed by atoms with Gasteiger partial charge in [0, 0.05) is 31.8 Å². The van der Waals surface area contributed by atoms with Gasteiger partial charge in [0.1, 0.15) is 11.6 Å². The first-order chi connectivity index (χ1) is 10.8. The summed E-state index contributed by atoms with van der Waals surface area (Å²) in [5.41, 5.74) is 1.05. The fourth-order valence-corrected chi connectivity index (χ4v) is 3.76.